The van der Waals surface area contributed by atoms with Gasteiger partial charge in [0.2, 0.25) is 5.91 Å². The first-order valence-electron chi connectivity index (χ1n) is 6.09. The molecule has 94 valence electrons. The molecule has 0 aliphatic carbocycles. The lowest BCUT2D eigenvalue weighted by molar-refractivity contribution is -0.121. The molecule has 1 amide bonds. The minimum atomic E-state index is 0.0947. The molecule has 1 rings (SSSR count). The van der Waals surface area contributed by atoms with Gasteiger partial charge in [-0.05, 0) is 39.3 Å². The third-order valence-electron chi connectivity index (χ3n) is 2.50. The van der Waals surface area contributed by atoms with E-state index in [1.807, 2.05) is 13.8 Å². The van der Waals surface area contributed by atoms with Crippen LogP contribution in [0.15, 0.2) is 18.2 Å². The molecule has 2 N–H and O–H groups in total. The van der Waals surface area contributed by atoms with Crippen LogP contribution in [0.5, 0.6) is 0 Å². The van der Waals surface area contributed by atoms with Gasteiger partial charge in [-0.2, -0.15) is 0 Å². The molecule has 3 nitrogen and oxygen atoms in total. The number of aryl methyl sites for hydroxylation is 2. The zero-order valence-corrected chi connectivity index (χ0v) is 11.1. The lowest BCUT2D eigenvalue weighted by Crippen LogP contribution is -2.31. The molecule has 0 spiro atoms. The van der Waals surface area contributed by atoms with Crippen molar-refractivity contribution in [2.45, 2.75) is 40.2 Å². The summed E-state index contributed by atoms with van der Waals surface area (Å²) >= 11 is 0. The van der Waals surface area contributed by atoms with Crippen molar-refractivity contribution in [3.8, 4) is 0 Å². The minimum absolute atomic E-state index is 0.0947. The number of anilines is 1. The summed E-state index contributed by atoms with van der Waals surface area (Å²) in [6, 6.07) is 6.48. The van der Waals surface area contributed by atoms with E-state index in [1.54, 1.807) is 0 Å². The molecule has 0 saturated heterocycles. The van der Waals surface area contributed by atoms with Crippen LogP contribution in [-0.4, -0.2) is 18.5 Å². The van der Waals surface area contributed by atoms with E-state index in [-0.39, 0.29) is 11.9 Å². The smallest absolute Gasteiger partial charge is 0.221 e. The Morgan fingerprint density at radius 2 is 2.00 bits per heavy atom. The lowest BCUT2D eigenvalue weighted by Gasteiger charge is -2.11. The highest BCUT2D eigenvalue weighted by Crippen LogP contribution is 2.15. The zero-order valence-electron chi connectivity index (χ0n) is 11.1. The van der Waals surface area contributed by atoms with Crippen LogP contribution < -0.4 is 10.6 Å². The van der Waals surface area contributed by atoms with E-state index in [1.165, 1.54) is 11.1 Å². The molecule has 0 saturated carbocycles. The van der Waals surface area contributed by atoms with Gasteiger partial charge in [0, 0.05) is 24.7 Å². The van der Waals surface area contributed by atoms with Crippen molar-refractivity contribution >= 4 is 11.6 Å². The van der Waals surface area contributed by atoms with Gasteiger partial charge in [0.1, 0.15) is 0 Å². The fraction of sp³-hybridized carbons (Fsp3) is 0.500. The molecule has 0 aromatic heterocycles. The van der Waals surface area contributed by atoms with E-state index in [2.05, 4.69) is 42.7 Å². The average Bonchev–Trinajstić information content (AvgIpc) is 2.20. The third kappa shape index (κ3) is 4.89. The Balaban J connectivity index is 2.38. The van der Waals surface area contributed by atoms with Crippen molar-refractivity contribution in [3.63, 3.8) is 0 Å². The number of rotatable bonds is 5. The van der Waals surface area contributed by atoms with Crippen molar-refractivity contribution in [1.29, 1.82) is 0 Å². The van der Waals surface area contributed by atoms with E-state index in [4.69, 9.17) is 0 Å². The minimum Gasteiger partial charge on any atom is -0.384 e. The number of amides is 1. The van der Waals surface area contributed by atoms with E-state index in [9.17, 15) is 4.79 Å². The quantitative estimate of drug-likeness (QED) is 0.822. The van der Waals surface area contributed by atoms with Gasteiger partial charge in [-0.15, -0.1) is 0 Å². The second-order valence-electron chi connectivity index (χ2n) is 4.72. The van der Waals surface area contributed by atoms with Gasteiger partial charge in [-0.3, -0.25) is 4.79 Å². The van der Waals surface area contributed by atoms with Crippen molar-refractivity contribution in [1.82, 2.24) is 5.32 Å². The Morgan fingerprint density at radius 1 is 1.29 bits per heavy atom. The molecule has 0 heterocycles. The molecule has 0 radical (unpaired) electrons. The number of carbonyl (C=O) groups excluding carboxylic acids is 1. The van der Waals surface area contributed by atoms with Crippen LogP contribution in [0, 0.1) is 13.8 Å². The first-order valence-corrected chi connectivity index (χ1v) is 6.09. The van der Waals surface area contributed by atoms with Crippen LogP contribution >= 0.6 is 0 Å². The topological polar surface area (TPSA) is 41.1 Å². The Morgan fingerprint density at radius 3 is 2.59 bits per heavy atom. The molecular weight excluding hydrogens is 212 g/mol. The molecule has 3 heteroatoms. The van der Waals surface area contributed by atoms with Crippen LogP contribution in [0.25, 0.3) is 0 Å². The number of carbonyl (C=O) groups is 1. The number of nitrogens with one attached hydrogen (secondary N) is 2. The fourth-order valence-corrected chi connectivity index (χ4v) is 1.72. The Bertz CT molecular complexity index is 386. The molecule has 0 aliphatic rings. The zero-order chi connectivity index (χ0) is 12.8. The van der Waals surface area contributed by atoms with Gasteiger partial charge in [-0.1, -0.05) is 17.7 Å². The highest BCUT2D eigenvalue weighted by atomic mass is 16.1. The van der Waals surface area contributed by atoms with Crippen LogP contribution in [-0.2, 0) is 4.79 Å². The maximum absolute atomic E-state index is 11.4. The first-order chi connectivity index (χ1) is 7.99. The van der Waals surface area contributed by atoms with Gasteiger partial charge < -0.3 is 10.6 Å². The summed E-state index contributed by atoms with van der Waals surface area (Å²) in [7, 11) is 0. The number of benzene rings is 1. The van der Waals surface area contributed by atoms with Crippen molar-refractivity contribution < 1.29 is 4.79 Å². The number of hydrogen-bond donors (Lipinski definition) is 2. The van der Waals surface area contributed by atoms with E-state index in [0.717, 1.165) is 5.69 Å². The van der Waals surface area contributed by atoms with Crippen LogP contribution in [0.4, 0.5) is 5.69 Å². The largest absolute Gasteiger partial charge is 0.384 e. The first kappa shape index (κ1) is 13.6. The lowest BCUT2D eigenvalue weighted by atomic mass is 10.1. The Kier molecular flexibility index (Phi) is 5.01. The van der Waals surface area contributed by atoms with Gasteiger partial charge in [0.25, 0.3) is 0 Å². The average molecular weight is 234 g/mol. The molecule has 0 aliphatic heterocycles. The van der Waals surface area contributed by atoms with Crippen LogP contribution in [0.3, 0.4) is 0 Å². The summed E-state index contributed by atoms with van der Waals surface area (Å²) in [5.74, 6) is 0.0947. The maximum atomic E-state index is 11.4. The van der Waals surface area contributed by atoms with Crippen LogP contribution in [0.1, 0.15) is 31.4 Å². The molecule has 0 fully saturated rings. The van der Waals surface area contributed by atoms with Gasteiger partial charge in [0.05, 0.1) is 0 Å². The SMILES string of the molecule is Cc1ccc(NCCC(=O)NC(C)C)c(C)c1. The Labute approximate surface area is 104 Å². The van der Waals surface area contributed by atoms with Crippen molar-refractivity contribution in [2.24, 2.45) is 0 Å². The monoisotopic (exact) mass is 234 g/mol. The van der Waals surface area contributed by atoms with Crippen LogP contribution in [0.2, 0.25) is 0 Å². The highest BCUT2D eigenvalue weighted by Gasteiger charge is 2.03. The normalized spacial score (nSPS) is 10.4. The van der Waals surface area contributed by atoms with Gasteiger partial charge >= 0.3 is 0 Å². The fourth-order valence-electron chi connectivity index (χ4n) is 1.72. The van der Waals surface area contributed by atoms with Gasteiger partial charge in [-0.25, -0.2) is 0 Å². The molecule has 0 unspecified atom stereocenters. The summed E-state index contributed by atoms with van der Waals surface area (Å²) in [5.41, 5.74) is 3.58. The predicted molar refractivity (Wildman–Crippen MR) is 72.3 cm³/mol. The molecule has 1 aromatic carbocycles. The predicted octanol–water partition coefficient (Wildman–Crippen LogP) is 2.63. The standard InChI is InChI=1S/C14H22N2O/c1-10(2)16-14(17)7-8-15-13-6-5-11(3)9-12(13)4/h5-6,9-10,15H,7-8H2,1-4H3,(H,16,17). The summed E-state index contributed by atoms with van der Waals surface area (Å²) in [5, 5.41) is 6.16. The molecule has 17 heavy (non-hydrogen) atoms. The summed E-state index contributed by atoms with van der Waals surface area (Å²) in [6.45, 7) is 8.75. The highest BCUT2D eigenvalue weighted by molar-refractivity contribution is 5.76. The summed E-state index contributed by atoms with van der Waals surface area (Å²) in [4.78, 5) is 11.4. The van der Waals surface area contributed by atoms with E-state index in [0.29, 0.717) is 13.0 Å². The van der Waals surface area contributed by atoms with Gasteiger partial charge in [0.15, 0.2) is 0 Å². The molecule has 0 atom stereocenters. The Hall–Kier alpha value is -1.51. The molecule has 0 bridgehead atoms. The second-order valence-corrected chi connectivity index (χ2v) is 4.72. The van der Waals surface area contributed by atoms with Crippen molar-refractivity contribution in [3.05, 3.63) is 29.3 Å². The molecular formula is C14H22N2O. The summed E-state index contributed by atoms with van der Waals surface area (Å²) in [6.07, 6.45) is 0.505. The van der Waals surface area contributed by atoms with E-state index >= 15 is 0 Å². The molecule has 1 aromatic rings. The van der Waals surface area contributed by atoms with Crippen molar-refractivity contribution in [2.75, 3.05) is 11.9 Å². The summed E-state index contributed by atoms with van der Waals surface area (Å²) < 4.78 is 0. The van der Waals surface area contributed by atoms with E-state index < -0.39 is 0 Å². The number of hydrogen-bond acceptors (Lipinski definition) is 2. The second kappa shape index (κ2) is 6.28. The third-order valence-corrected chi connectivity index (χ3v) is 2.50. The maximum Gasteiger partial charge on any atom is 0.221 e.